The summed E-state index contributed by atoms with van der Waals surface area (Å²) in [5.41, 5.74) is 6.04. The lowest BCUT2D eigenvalue weighted by atomic mass is 9.63. The van der Waals surface area contributed by atoms with Crippen LogP contribution in [0.4, 0.5) is 0 Å². The molecule has 27 heavy (non-hydrogen) atoms. The second-order valence-corrected chi connectivity index (χ2v) is 9.58. The SMILES string of the molecule is CCOC(=O)C=C(C)C=CC1CC1c1ccc2c(c1)C(C)(C)CCC2(C)C. The first kappa shape index (κ1) is 19.9. The topological polar surface area (TPSA) is 26.3 Å². The van der Waals surface area contributed by atoms with Gasteiger partial charge in [0.2, 0.25) is 0 Å². The van der Waals surface area contributed by atoms with E-state index < -0.39 is 0 Å². The number of esters is 1. The standard InChI is InChI=1S/C25H34O2/c1-7-27-23(26)14-17(2)8-9-18-15-20(18)19-10-11-21-22(16-19)25(5,6)13-12-24(21,3)4/h8-11,14,16,18,20H,7,12-13,15H2,1-6H3. The third-order valence-electron chi connectivity index (χ3n) is 6.38. The van der Waals surface area contributed by atoms with Crippen LogP contribution in [-0.4, -0.2) is 12.6 Å². The highest BCUT2D eigenvalue weighted by atomic mass is 16.5. The van der Waals surface area contributed by atoms with E-state index in [2.05, 4.69) is 58.0 Å². The molecule has 2 nitrogen and oxygen atoms in total. The first-order valence-electron chi connectivity index (χ1n) is 10.3. The van der Waals surface area contributed by atoms with Crippen molar-refractivity contribution in [2.45, 2.75) is 77.6 Å². The van der Waals surface area contributed by atoms with E-state index in [-0.39, 0.29) is 16.8 Å². The van der Waals surface area contributed by atoms with Gasteiger partial charge < -0.3 is 4.74 Å². The van der Waals surface area contributed by atoms with Gasteiger partial charge in [-0.15, -0.1) is 0 Å². The van der Waals surface area contributed by atoms with Crippen LogP contribution in [0.25, 0.3) is 0 Å². The fourth-order valence-electron chi connectivity index (χ4n) is 4.34. The van der Waals surface area contributed by atoms with Gasteiger partial charge in [0.25, 0.3) is 0 Å². The van der Waals surface area contributed by atoms with Gasteiger partial charge in [-0.1, -0.05) is 58.0 Å². The lowest BCUT2D eigenvalue weighted by molar-refractivity contribution is -0.137. The second-order valence-electron chi connectivity index (χ2n) is 9.58. The van der Waals surface area contributed by atoms with Gasteiger partial charge >= 0.3 is 5.97 Å². The fraction of sp³-hybridized carbons (Fsp3) is 0.560. The lowest BCUT2D eigenvalue weighted by Crippen LogP contribution is -2.33. The van der Waals surface area contributed by atoms with E-state index in [1.54, 1.807) is 11.6 Å². The van der Waals surface area contributed by atoms with Gasteiger partial charge in [-0.3, -0.25) is 0 Å². The Kier molecular flexibility index (Phi) is 5.38. The summed E-state index contributed by atoms with van der Waals surface area (Å²) in [4.78, 5) is 11.5. The number of allylic oxidation sites excluding steroid dienone is 3. The Balaban J connectivity index is 1.73. The first-order valence-corrected chi connectivity index (χ1v) is 10.3. The minimum absolute atomic E-state index is 0.258. The summed E-state index contributed by atoms with van der Waals surface area (Å²) in [6, 6.07) is 7.22. The molecule has 2 aliphatic rings. The summed E-state index contributed by atoms with van der Waals surface area (Å²) < 4.78 is 4.97. The summed E-state index contributed by atoms with van der Waals surface area (Å²) >= 11 is 0. The summed E-state index contributed by atoms with van der Waals surface area (Å²) in [6.45, 7) is 13.7. The third kappa shape index (κ3) is 4.36. The molecule has 0 saturated heterocycles. The Morgan fingerprint density at radius 3 is 2.48 bits per heavy atom. The van der Waals surface area contributed by atoms with Gasteiger partial charge in [-0.2, -0.15) is 0 Å². The van der Waals surface area contributed by atoms with Gasteiger partial charge in [0.15, 0.2) is 0 Å². The molecule has 2 atom stereocenters. The van der Waals surface area contributed by atoms with Crippen LogP contribution in [0.1, 0.15) is 83.4 Å². The Morgan fingerprint density at radius 2 is 1.81 bits per heavy atom. The largest absolute Gasteiger partial charge is 0.463 e. The van der Waals surface area contributed by atoms with E-state index in [0.717, 1.165) is 5.57 Å². The van der Waals surface area contributed by atoms with Crippen molar-refractivity contribution < 1.29 is 9.53 Å². The van der Waals surface area contributed by atoms with Crippen molar-refractivity contribution in [2.24, 2.45) is 5.92 Å². The average molecular weight is 367 g/mol. The normalized spacial score (nSPS) is 25.9. The molecule has 2 unspecified atom stereocenters. The highest BCUT2D eigenvalue weighted by molar-refractivity contribution is 5.83. The maximum atomic E-state index is 11.5. The average Bonchev–Trinajstić information content (AvgIpc) is 3.37. The highest BCUT2D eigenvalue weighted by Gasteiger charge is 2.40. The number of fused-ring (bicyclic) bond motifs is 1. The van der Waals surface area contributed by atoms with Crippen LogP contribution >= 0.6 is 0 Å². The quantitative estimate of drug-likeness (QED) is 0.352. The first-order chi connectivity index (χ1) is 12.6. The Morgan fingerprint density at radius 1 is 1.15 bits per heavy atom. The van der Waals surface area contributed by atoms with Crippen LogP contribution in [0.2, 0.25) is 0 Å². The molecular formula is C25H34O2. The molecule has 1 fully saturated rings. The van der Waals surface area contributed by atoms with E-state index in [0.29, 0.717) is 18.4 Å². The van der Waals surface area contributed by atoms with E-state index >= 15 is 0 Å². The van der Waals surface area contributed by atoms with Crippen LogP contribution in [0.15, 0.2) is 42.0 Å². The summed E-state index contributed by atoms with van der Waals surface area (Å²) in [5.74, 6) is 0.933. The third-order valence-corrected chi connectivity index (χ3v) is 6.38. The predicted octanol–water partition coefficient (Wildman–Crippen LogP) is 6.20. The van der Waals surface area contributed by atoms with Crippen molar-refractivity contribution in [2.75, 3.05) is 6.61 Å². The Hall–Kier alpha value is -1.83. The molecule has 0 radical (unpaired) electrons. The molecule has 0 heterocycles. The second kappa shape index (κ2) is 7.30. The molecule has 1 aromatic rings. The van der Waals surface area contributed by atoms with Gasteiger partial charge in [0, 0.05) is 6.08 Å². The van der Waals surface area contributed by atoms with Crippen LogP contribution in [0, 0.1) is 5.92 Å². The number of benzene rings is 1. The number of hydrogen-bond donors (Lipinski definition) is 0. The molecular weight excluding hydrogens is 332 g/mol. The number of rotatable bonds is 5. The smallest absolute Gasteiger partial charge is 0.330 e. The summed E-state index contributed by atoms with van der Waals surface area (Å²) in [6.07, 6.45) is 9.60. The van der Waals surface area contributed by atoms with E-state index in [9.17, 15) is 4.79 Å². The van der Waals surface area contributed by atoms with Gasteiger partial charge in [0.05, 0.1) is 6.61 Å². The Bertz CT molecular complexity index is 780. The number of hydrogen-bond acceptors (Lipinski definition) is 2. The molecule has 2 aliphatic carbocycles. The van der Waals surface area contributed by atoms with Crippen molar-refractivity contribution in [3.63, 3.8) is 0 Å². The molecule has 3 rings (SSSR count). The fourth-order valence-corrected chi connectivity index (χ4v) is 4.34. The minimum Gasteiger partial charge on any atom is -0.463 e. The molecule has 2 heteroatoms. The minimum atomic E-state index is -0.258. The highest BCUT2D eigenvalue weighted by Crippen LogP contribution is 2.52. The van der Waals surface area contributed by atoms with E-state index in [1.807, 2.05) is 13.8 Å². The molecule has 0 spiro atoms. The number of carbonyl (C=O) groups is 1. The molecule has 1 aromatic carbocycles. The molecule has 0 N–H and O–H groups in total. The van der Waals surface area contributed by atoms with Crippen LogP contribution in [0.3, 0.4) is 0 Å². The van der Waals surface area contributed by atoms with E-state index in [1.165, 1.54) is 30.4 Å². The van der Waals surface area contributed by atoms with Crippen LogP contribution in [0.5, 0.6) is 0 Å². The van der Waals surface area contributed by atoms with Gasteiger partial charge in [0.1, 0.15) is 0 Å². The van der Waals surface area contributed by atoms with Crippen molar-refractivity contribution in [3.05, 3.63) is 58.7 Å². The van der Waals surface area contributed by atoms with E-state index in [4.69, 9.17) is 4.74 Å². The van der Waals surface area contributed by atoms with Gasteiger partial charge in [-0.05, 0) is 78.0 Å². The zero-order valence-electron chi connectivity index (χ0n) is 17.8. The lowest BCUT2D eigenvalue weighted by Gasteiger charge is -2.42. The van der Waals surface area contributed by atoms with Gasteiger partial charge in [-0.25, -0.2) is 4.79 Å². The van der Waals surface area contributed by atoms with Crippen molar-refractivity contribution in [1.29, 1.82) is 0 Å². The molecule has 0 aromatic heterocycles. The number of ether oxygens (including phenoxy) is 1. The zero-order valence-corrected chi connectivity index (χ0v) is 17.8. The maximum absolute atomic E-state index is 11.5. The zero-order chi connectivity index (χ0) is 19.8. The molecule has 0 bridgehead atoms. The summed E-state index contributed by atoms with van der Waals surface area (Å²) in [5, 5.41) is 0. The van der Waals surface area contributed by atoms with Crippen LogP contribution < -0.4 is 0 Å². The monoisotopic (exact) mass is 366 g/mol. The number of carbonyl (C=O) groups excluding carboxylic acids is 1. The van der Waals surface area contributed by atoms with Crippen molar-refractivity contribution in [1.82, 2.24) is 0 Å². The molecule has 0 aliphatic heterocycles. The van der Waals surface area contributed by atoms with Crippen LogP contribution in [-0.2, 0) is 20.4 Å². The summed E-state index contributed by atoms with van der Waals surface area (Å²) in [7, 11) is 0. The maximum Gasteiger partial charge on any atom is 0.330 e. The van der Waals surface area contributed by atoms with Crippen molar-refractivity contribution >= 4 is 5.97 Å². The molecule has 0 amide bonds. The Labute approximate surface area is 164 Å². The predicted molar refractivity (Wildman–Crippen MR) is 112 cm³/mol. The molecule has 1 saturated carbocycles. The van der Waals surface area contributed by atoms with Crippen molar-refractivity contribution in [3.8, 4) is 0 Å². The molecule has 146 valence electrons.